The van der Waals surface area contributed by atoms with Crippen LogP contribution in [0.3, 0.4) is 0 Å². The predicted molar refractivity (Wildman–Crippen MR) is 37.2 cm³/mol. The van der Waals surface area contributed by atoms with Gasteiger partial charge in [0.25, 0.3) is 5.91 Å². The smallest absolute Gasteiger partial charge is 0.581 e. The molecule has 0 saturated heterocycles. The number of hydrogen-bond acceptors (Lipinski definition) is 2. The molecule has 0 fully saturated rings. The van der Waals surface area contributed by atoms with Crippen molar-refractivity contribution in [2.75, 3.05) is 0 Å². The van der Waals surface area contributed by atoms with Crippen molar-refractivity contribution in [1.82, 2.24) is 10.2 Å². The fraction of sp³-hybridized carbons (Fsp3) is 0.167. The summed E-state index contributed by atoms with van der Waals surface area (Å²) in [6.45, 7) is 1.74. The number of primary amides is 1. The van der Waals surface area contributed by atoms with Crippen LogP contribution in [0.5, 0.6) is 0 Å². The Morgan fingerprint density at radius 2 is 2.27 bits per heavy atom. The Bertz CT molecular complexity index is 233. The van der Waals surface area contributed by atoms with Crippen LogP contribution in [-0.4, -0.2) is 11.0 Å². The van der Waals surface area contributed by atoms with Gasteiger partial charge in [0.1, 0.15) is 5.69 Å². The van der Waals surface area contributed by atoms with Gasteiger partial charge in [-0.25, -0.2) is 0 Å². The van der Waals surface area contributed by atoms with E-state index in [9.17, 15) is 4.79 Å². The topological polar surface area (TPSA) is 70.1 Å². The molecule has 0 aliphatic carbocycles. The number of carbonyl (C=O) groups is 1. The number of aromatic nitrogens is 2. The van der Waals surface area contributed by atoms with E-state index in [1.165, 1.54) is 6.20 Å². The Morgan fingerprint density at radius 1 is 1.73 bits per heavy atom. The molecule has 0 radical (unpaired) electrons. The molecular formula is C6H9KN3O-. The van der Waals surface area contributed by atoms with Crippen LogP contribution >= 0.6 is 0 Å². The summed E-state index contributed by atoms with van der Waals surface area (Å²) in [5.41, 5.74) is 5.90. The maximum Gasteiger partial charge on any atom is 1.00 e. The van der Waals surface area contributed by atoms with Crippen molar-refractivity contribution in [3.05, 3.63) is 24.9 Å². The summed E-state index contributed by atoms with van der Waals surface area (Å²) in [6.07, 6.45) is 1.50. The molecule has 0 saturated carbocycles. The number of rotatable bonds is 1. The largest absolute Gasteiger partial charge is 1.00 e. The Balaban J connectivity index is 0. The fourth-order valence-electron chi connectivity index (χ4n) is 0.557. The molecular weight excluding hydrogens is 169 g/mol. The normalized spacial score (nSPS) is 7.73. The van der Waals surface area contributed by atoms with E-state index in [0.717, 1.165) is 5.56 Å². The van der Waals surface area contributed by atoms with Crippen LogP contribution in [0.2, 0.25) is 0 Å². The van der Waals surface area contributed by atoms with Crippen molar-refractivity contribution in [2.24, 2.45) is 5.73 Å². The van der Waals surface area contributed by atoms with Crippen LogP contribution in [0.4, 0.5) is 0 Å². The van der Waals surface area contributed by atoms with E-state index < -0.39 is 5.91 Å². The second-order valence-corrected chi connectivity index (χ2v) is 1.74. The molecule has 5 heteroatoms. The Morgan fingerprint density at radius 3 is 2.45 bits per heavy atom. The van der Waals surface area contributed by atoms with E-state index in [0.29, 0.717) is 0 Å². The quantitative estimate of drug-likeness (QED) is 0.366. The predicted octanol–water partition coefficient (Wildman–Crippen LogP) is -3.10. The molecule has 0 bridgehead atoms. The van der Waals surface area contributed by atoms with Gasteiger partial charge >= 0.3 is 51.4 Å². The molecule has 0 spiro atoms. The zero-order valence-electron chi connectivity index (χ0n) is 6.96. The number of aryl methyl sites for hydroxylation is 1. The molecule has 1 aromatic heterocycles. The summed E-state index contributed by atoms with van der Waals surface area (Å²) >= 11 is 0. The number of amides is 1. The van der Waals surface area contributed by atoms with Crippen molar-refractivity contribution < 1.29 is 56.2 Å². The second-order valence-electron chi connectivity index (χ2n) is 1.74. The van der Waals surface area contributed by atoms with Crippen molar-refractivity contribution in [1.29, 1.82) is 0 Å². The third-order valence-corrected chi connectivity index (χ3v) is 1.02. The van der Waals surface area contributed by atoms with E-state index in [4.69, 9.17) is 5.73 Å². The van der Waals surface area contributed by atoms with Gasteiger partial charge in [0.2, 0.25) is 0 Å². The average Bonchev–Trinajstić information content (AvgIpc) is 2.13. The van der Waals surface area contributed by atoms with Crippen LogP contribution < -0.4 is 62.2 Å². The maximum atomic E-state index is 10.4. The molecule has 1 rings (SSSR count). The summed E-state index contributed by atoms with van der Waals surface area (Å²) in [6, 6.07) is 0. The zero-order chi connectivity index (χ0) is 6.85. The van der Waals surface area contributed by atoms with Gasteiger partial charge < -0.3 is 23.4 Å². The molecule has 4 nitrogen and oxygen atoms in total. The van der Waals surface area contributed by atoms with Crippen LogP contribution in [-0.2, 0) is 0 Å². The zero-order valence-corrected chi connectivity index (χ0v) is 10.1. The third-order valence-electron chi connectivity index (χ3n) is 1.02. The van der Waals surface area contributed by atoms with E-state index in [1.807, 2.05) is 0 Å². The maximum absolute atomic E-state index is 10.4. The summed E-state index contributed by atoms with van der Waals surface area (Å²) in [4.78, 5) is 10.4. The summed E-state index contributed by atoms with van der Waals surface area (Å²) in [5, 5.41) is 6.98. The minimum absolute atomic E-state index is 0. The van der Waals surface area contributed by atoms with Gasteiger partial charge in [-0.2, -0.15) is 6.20 Å². The van der Waals surface area contributed by atoms with Gasteiger partial charge in [0.15, 0.2) is 0 Å². The van der Waals surface area contributed by atoms with Crippen molar-refractivity contribution >= 4 is 5.91 Å². The first-order chi connectivity index (χ1) is 4.22. The molecule has 0 atom stereocenters. The van der Waals surface area contributed by atoms with Crippen LogP contribution in [0.1, 0.15) is 16.1 Å². The van der Waals surface area contributed by atoms with E-state index >= 15 is 0 Å². The average molecular weight is 178 g/mol. The summed E-state index contributed by atoms with van der Waals surface area (Å²) in [7, 11) is 0. The monoisotopic (exact) mass is 178 g/mol. The van der Waals surface area contributed by atoms with Gasteiger partial charge in [-0.3, -0.25) is 4.79 Å². The summed E-state index contributed by atoms with van der Waals surface area (Å²) in [5.74, 6) is -0.523. The van der Waals surface area contributed by atoms with Gasteiger partial charge in [0.05, 0.1) is 0 Å². The molecule has 11 heavy (non-hydrogen) atoms. The Kier molecular flexibility index (Phi) is 7.45. The molecule has 0 unspecified atom stereocenters. The first-order valence-corrected chi connectivity index (χ1v) is 2.46. The SMILES string of the molecule is Cc1c[n-]nc1C(N)=O.[CH3-].[K+]. The molecule has 0 aromatic carbocycles. The third kappa shape index (κ3) is 3.48. The molecule has 2 N–H and O–H groups in total. The first-order valence-electron chi connectivity index (χ1n) is 2.46. The number of carbonyl (C=O) groups excluding carboxylic acids is 1. The molecule has 1 heterocycles. The van der Waals surface area contributed by atoms with E-state index in [2.05, 4.69) is 10.2 Å². The fourth-order valence-corrected chi connectivity index (χ4v) is 0.557. The molecule has 1 aromatic rings. The van der Waals surface area contributed by atoms with Crippen LogP contribution in [0.25, 0.3) is 0 Å². The number of hydrogen-bond donors (Lipinski definition) is 1. The van der Waals surface area contributed by atoms with Crippen LogP contribution in [0, 0.1) is 14.4 Å². The van der Waals surface area contributed by atoms with Gasteiger partial charge in [-0.05, 0) is 12.5 Å². The molecule has 0 aliphatic heterocycles. The number of nitrogens with two attached hydrogens (primary N) is 1. The number of nitrogens with zero attached hydrogens (tertiary/aromatic N) is 2. The van der Waals surface area contributed by atoms with Crippen molar-refractivity contribution in [3.63, 3.8) is 0 Å². The van der Waals surface area contributed by atoms with Gasteiger partial charge in [0, 0.05) is 0 Å². The van der Waals surface area contributed by atoms with Gasteiger partial charge in [-0.15, -0.1) is 0 Å². The first kappa shape index (κ1) is 13.9. The molecule has 1 amide bonds. The second kappa shape index (κ2) is 5.90. The minimum Gasteiger partial charge on any atom is -0.581 e. The Labute approximate surface area is 108 Å². The van der Waals surface area contributed by atoms with E-state index in [-0.39, 0.29) is 64.5 Å². The Hall–Kier alpha value is 0.316. The van der Waals surface area contributed by atoms with Crippen LogP contribution in [0.15, 0.2) is 6.20 Å². The van der Waals surface area contributed by atoms with Crippen molar-refractivity contribution in [2.45, 2.75) is 6.92 Å². The van der Waals surface area contributed by atoms with E-state index in [1.54, 1.807) is 6.92 Å². The molecule has 56 valence electrons. The summed E-state index contributed by atoms with van der Waals surface area (Å²) < 4.78 is 0. The van der Waals surface area contributed by atoms with Crippen molar-refractivity contribution in [3.8, 4) is 0 Å². The minimum atomic E-state index is -0.523. The standard InChI is InChI=1S/C5H7N3O.CH3.K/c1-3-2-7-8-4(3)5(6)9;;/h2H,1H3,(H3,6,7,8,9);1H3;/q;-1;+1/p-1. The van der Waals surface area contributed by atoms with Gasteiger partial charge in [-0.1, -0.05) is 0 Å². The molecule has 0 aliphatic rings.